The predicted molar refractivity (Wildman–Crippen MR) is 88.9 cm³/mol. The molecule has 0 aliphatic carbocycles. The summed E-state index contributed by atoms with van der Waals surface area (Å²) < 4.78 is 5.18. The number of carbonyl (C=O) groups excluding carboxylic acids is 1. The fourth-order valence-electron chi connectivity index (χ4n) is 2.63. The van der Waals surface area contributed by atoms with Gasteiger partial charge in [0.05, 0.1) is 7.11 Å². The first-order valence-corrected chi connectivity index (χ1v) is 8.05. The Hall–Kier alpha value is -1.55. The molecule has 1 heterocycles. The number of carbonyl (C=O) groups is 1. The van der Waals surface area contributed by atoms with Crippen molar-refractivity contribution in [3.05, 3.63) is 29.8 Å². The zero-order valence-corrected chi connectivity index (χ0v) is 14.2. The molecule has 22 heavy (non-hydrogen) atoms. The first-order chi connectivity index (χ1) is 10.4. The fourth-order valence-corrected chi connectivity index (χ4v) is 2.63. The summed E-state index contributed by atoms with van der Waals surface area (Å²) in [5, 5.41) is 3.18. The molecule has 0 bridgehead atoms. The van der Waals surface area contributed by atoms with E-state index in [4.69, 9.17) is 4.74 Å². The minimum atomic E-state index is -0.305. The van der Waals surface area contributed by atoms with Crippen molar-refractivity contribution in [2.45, 2.75) is 46.2 Å². The number of hydrogen-bond donors (Lipinski definition) is 1. The van der Waals surface area contributed by atoms with E-state index in [-0.39, 0.29) is 11.3 Å². The molecule has 1 amide bonds. The molecular formula is C18H28N2O2. The van der Waals surface area contributed by atoms with Gasteiger partial charge in [0.2, 0.25) is 5.91 Å². The number of amides is 1. The molecule has 2 rings (SSSR count). The highest BCUT2D eigenvalue weighted by molar-refractivity contribution is 5.81. The predicted octanol–water partition coefficient (Wildman–Crippen LogP) is 2.82. The molecule has 0 unspecified atom stereocenters. The van der Waals surface area contributed by atoms with Gasteiger partial charge in [-0.1, -0.05) is 32.9 Å². The number of rotatable bonds is 4. The summed E-state index contributed by atoms with van der Waals surface area (Å²) in [4.78, 5) is 14.5. The maximum absolute atomic E-state index is 12.0. The highest BCUT2D eigenvalue weighted by Gasteiger charge is 2.26. The Morgan fingerprint density at radius 3 is 2.32 bits per heavy atom. The van der Waals surface area contributed by atoms with Crippen LogP contribution in [0.1, 0.15) is 39.2 Å². The summed E-state index contributed by atoms with van der Waals surface area (Å²) in [7, 11) is 1.69. The lowest BCUT2D eigenvalue weighted by Crippen LogP contribution is -2.47. The van der Waals surface area contributed by atoms with Crippen LogP contribution in [0.4, 0.5) is 0 Å². The largest absolute Gasteiger partial charge is 0.497 e. The number of methoxy groups -OCH3 is 1. The molecule has 0 radical (unpaired) electrons. The summed E-state index contributed by atoms with van der Waals surface area (Å²) in [6.07, 6.45) is 2.05. The van der Waals surface area contributed by atoms with Crippen LogP contribution in [0, 0.1) is 5.41 Å². The van der Waals surface area contributed by atoms with Crippen LogP contribution in [0.5, 0.6) is 5.75 Å². The SMILES string of the molecule is COc1ccc(CN2CCC(NC(=O)C(C)(C)C)CC2)cc1. The lowest BCUT2D eigenvalue weighted by Gasteiger charge is -2.33. The van der Waals surface area contributed by atoms with Gasteiger partial charge in [-0.15, -0.1) is 0 Å². The fraction of sp³-hybridized carbons (Fsp3) is 0.611. The molecular weight excluding hydrogens is 276 g/mol. The van der Waals surface area contributed by atoms with Gasteiger partial charge in [0.1, 0.15) is 5.75 Å². The number of piperidine rings is 1. The van der Waals surface area contributed by atoms with Gasteiger partial charge < -0.3 is 10.1 Å². The molecule has 1 aliphatic heterocycles. The van der Waals surface area contributed by atoms with Crippen LogP contribution in [-0.2, 0) is 11.3 Å². The molecule has 0 aromatic heterocycles. The third-order valence-electron chi connectivity index (χ3n) is 4.17. The normalized spacial score (nSPS) is 17.3. The average Bonchev–Trinajstić information content (AvgIpc) is 2.49. The smallest absolute Gasteiger partial charge is 0.225 e. The van der Waals surface area contributed by atoms with E-state index in [0.29, 0.717) is 6.04 Å². The molecule has 1 aliphatic rings. The van der Waals surface area contributed by atoms with Gasteiger partial charge in [-0.3, -0.25) is 9.69 Å². The Bertz CT molecular complexity index is 483. The maximum Gasteiger partial charge on any atom is 0.225 e. The lowest BCUT2D eigenvalue weighted by atomic mass is 9.94. The summed E-state index contributed by atoms with van der Waals surface area (Å²) in [5.74, 6) is 1.05. The molecule has 1 aromatic rings. The van der Waals surface area contributed by atoms with Crippen molar-refractivity contribution in [1.29, 1.82) is 0 Å². The third kappa shape index (κ3) is 4.73. The first-order valence-electron chi connectivity index (χ1n) is 8.05. The van der Waals surface area contributed by atoms with Gasteiger partial charge in [-0.25, -0.2) is 0 Å². The second kappa shape index (κ2) is 7.14. The highest BCUT2D eigenvalue weighted by Crippen LogP contribution is 2.18. The minimum absolute atomic E-state index is 0.154. The van der Waals surface area contributed by atoms with Crippen LogP contribution < -0.4 is 10.1 Å². The molecule has 1 saturated heterocycles. The van der Waals surface area contributed by atoms with E-state index in [1.54, 1.807) is 7.11 Å². The zero-order chi connectivity index (χ0) is 16.2. The van der Waals surface area contributed by atoms with E-state index in [1.807, 2.05) is 32.9 Å². The Morgan fingerprint density at radius 1 is 1.23 bits per heavy atom. The lowest BCUT2D eigenvalue weighted by molar-refractivity contribution is -0.129. The van der Waals surface area contributed by atoms with Gasteiger partial charge in [0.25, 0.3) is 0 Å². The number of ether oxygens (including phenoxy) is 1. The monoisotopic (exact) mass is 304 g/mol. The van der Waals surface area contributed by atoms with Crippen molar-refractivity contribution < 1.29 is 9.53 Å². The number of hydrogen-bond acceptors (Lipinski definition) is 3. The zero-order valence-electron chi connectivity index (χ0n) is 14.2. The Kier molecular flexibility index (Phi) is 5.46. The molecule has 0 spiro atoms. The summed E-state index contributed by atoms with van der Waals surface area (Å²) in [6, 6.07) is 8.56. The molecule has 1 N–H and O–H groups in total. The summed E-state index contributed by atoms with van der Waals surface area (Å²) in [6.45, 7) is 8.90. The minimum Gasteiger partial charge on any atom is -0.497 e. The average molecular weight is 304 g/mol. The van der Waals surface area contributed by atoms with Crippen LogP contribution in [0.25, 0.3) is 0 Å². The Morgan fingerprint density at radius 2 is 1.82 bits per heavy atom. The number of likely N-dealkylation sites (tertiary alicyclic amines) is 1. The summed E-state index contributed by atoms with van der Waals surface area (Å²) in [5.41, 5.74) is 0.998. The van der Waals surface area contributed by atoms with E-state index in [1.165, 1.54) is 5.56 Å². The number of nitrogens with one attached hydrogen (secondary N) is 1. The van der Waals surface area contributed by atoms with E-state index < -0.39 is 0 Å². The molecule has 0 atom stereocenters. The molecule has 0 saturated carbocycles. The molecule has 1 fully saturated rings. The van der Waals surface area contributed by atoms with Gasteiger partial charge in [-0.05, 0) is 30.5 Å². The second-order valence-electron chi connectivity index (χ2n) is 7.12. The maximum atomic E-state index is 12.0. The second-order valence-corrected chi connectivity index (χ2v) is 7.12. The molecule has 122 valence electrons. The van der Waals surface area contributed by atoms with Crippen molar-refractivity contribution in [3.63, 3.8) is 0 Å². The van der Waals surface area contributed by atoms with Crippen molar-refractivity contribution in [1.82, 2.24) is 10.2 Å². The number of benzene rings is 1. The van der Waals surface area contributed by atoms with E-state index >= 15 is 0 Å². The standard InChI is InChI=1S/C18H28N2O2/c1-18(2,3)17(21)19-15-9-11-20(12-10-15)13-14-5-7-16(22-4)8-6-14/h5-8,15H,9-13H2,1-4H3,(H,19,21). The van der Waals surface area contributed by atoms with Gasteiger partial charge in [-0.2, -0.15) is 0 Å². The van der Waals surface area contributed by atoms with Crippen molar-refractivity contribution in [3.8, 4) is 5.75 Å². The van der Waals surface area contributed by atoms with Crippen molar-refractivity contribution in [2.75, 3.05) is 20.2 Å². The van der Waals surface area contributed by atoms with Crippen LogP contribution >= 0.6 is 0 Å². The molecule has 4 nitrogen and oxygen atoms in total. The quantitative estimate of drug-likeness (QED) is 0.930. The summed E-state index contributed by atoms with van der Waals surface area (Å²) >= 11 is 0. The van der Waals surface area contributed by atoms with Crippen LogP contribution in [0.2, 0.25) is 0 Å². The van der Waals surface area contributed by atoms with E-state index in [9.17, 15) is 4.79 Å². The van der Waals surface area contributed by atoms with Crippen LogP contribution in [0.15, 0.2) is 24.3 Å². The van der Waals surface area contributed by atoms with Crippen molar-refractivity contribution in [2.24, 2.45) is 5.41 Å². The van der Waals surface area contributed by atoms with Crippen molar-refractivity contribution >= 4 is 5.91 Å². The topological polar surface area (TPSA) is 41.6 Å². The third-order valence-corrected chi connectivity index (χ3v) is 4.17. The van der Waals surface area contributed by atoms with E-state index in [2.05, 4.69) is 22.3 Å². The van der Waals surface area contributed by atoms with Gasteiger partial charge in [0, 0.05) is 31.1 Å². The van der Waals surface area contributed by atoms with E-state index in [0.717, 1.165) is 38.2 Å². The Balaban J connectivity index is 1.78. The van der Waals surface area contributed by atoms with Gasteiger partial charge in [0.15, 0.2) is 0 Å². The molecule has 4 heteroatoms. The highest BCUT2D eigenvalue weighted by atomic mass is 16.5. The number of nitrogens with zero attached hydrogens (tertiary/aromatic N) is 1. The van der Waals surface area contributed by atoms with Crippen LogP contribution in [-0.4, -0.2) is 37.0 Å². The van der Waals surface area contributed by atoms with Gasteiger partial charge >= 0.3 is 0 Å². The molecule has 1 aromatic carbocycles. The first kappa shape index (κ1) is 16.8. The Labute approximate surface area is 133 Å². The van der Waals surface area contributed by atoms with Crippen LogP contribution in [0.3, 0.4) is 0 Å².